The molecule has 1 aromatic rings. The number of amides is 2. The maximum absolute atomic E-state index is 12.0. The largest absolute Gasteiger partial charge is 0.450 e. The normalized spacial score (nSPS) is 13.2. The molecule has 2 atom stereocenters. The van der Waals surface area contributed by atoms with E-state index in [0.29, 0.717) is 25.2 Å². The van der Waals surface area contributed by atoms with Crippen molar-refractivity contribution in [2.75, 3.05) is 6.61 Å². The average molecular weight is 327 g/mol. The molecule has 1 rings (SSSR count). The minimum absolute atomic E-state index is 0.122. The van der Waals surface area contributed by atoms with Crippen molar-refractivity contribution in [3.63, 3.8) is 0 Å². The Morgan fingerprint density at radius 1 is 1.39 bits per heavy atom. The van der Waals surface area contributed by atoms with Crippen molar-refractivity contribution in [3.05, 3.63) is 18.0 Å². The SMILES string of the molecule is CCCC[C@H](NC(=O)OCCC)[C@@H](O)C(=O)NCc1ccno1. The van der Waals surface area contributed by atoms with Crippen molar-refractivity contribution in [2.45, 2.75) is 58.2 Å². The van der Waals surface area contributed by atoms with Gasteiger partial charge in [-0.15, -0.1) is 0 Å². The highest BCUT2D eigenvalue weighted by Crippen LogP contribution is 2.07. The predicted octanol–water partition coefficient (Wildman–Crippen LogP) is 1.35. The van der Waals surface area contributed by atoms with E-state index in [9.17, 15) is 14.7 Å². The summed E-state index contributed by atoms with van der Waals surface area (Å²) in [6.07, 6.45) is 2.31. The third-order valence-corrected chi connectivity index (χ3v) is 3.19. The molecule has 0 saturated heterocycles. The van der Waals surface area contributed by atoms with Crippen molar-refractivity contribution >= 4 is 12.0 Å². The van der Waals surface area contributed by atoms with E-state index >= 15 is 0 Å². The van der Waals surface area contributed by atoms with Crippen LogP contribution in [0.2, 0.25) is 0 Å². The van der Waals surface area contributed by atoms with Gasteiger partial charge in [0.1, 0.15) is 0 Å². The topological polar surface area (TPSA) is 114 Å². The van der Waals surface area contributed by atoms with Crippen LogP contribution in [0.3, 0.4) is 0 Å². The summed E-state index contributed by atoms with van der Waals surface area (Å²) in [4.78, 5) is 23.7. The van der Waals surface area contributed by atoms with Crippen LogP contribution >= 0.6 is 0 Å². The lowest BCUT2D eigenvalue weighted by molar-refractivity contribution is -0.131. The van der Waals surface area contributed by atoms with Gasteiger partial charge in [0, 0.05) is 6.07 Å². The van der Waals surface area contributed by atoms with Crippen LogP contribution in [0.1, 0.15) is 45.3 Å². The molecule has 1 heterocycles. The molecule has 0 aliphatic heterocycles. The number of unbranched alkanes of at least 4 members (excludes halogenated alkanes) is 1. The van der Waals surface area contributed by atoms with Gasteiger partial charge in [-0.05, 0) is 12.8 Å². The summed E-state index contributed by atoms with van der Waals surface area (Å²) in [5.41, 5.74) is 0. The summed E-state index contributed by atoms with van der Waals surface area (Å²) >= 11 is 0. The van der Waals surface area contributed by atoms with Crippen molar-refractivity contribution < 1.29 is 24.0 Å². The Balaban J connectivity index is 2.52. The van der Waals surface area contributed by atoms with Gasteiger partial charge in [-0.3, -0.25) is 4.79 Å². The highest BCUT2D eigenvalue weighted by molar-refractivity contribution is 5.82. The molecule has 0 aliphatic rings. The van der Waals surface area contributed by atoms with Gasteiger partial charge in [-0.25, -0.2) is 4.79 Å². The van der Waals surface area contributed by atoms with Gasteiger partial charge < -0.3 is 25.0 Å². The average Bonchev–Trinajstić information content (AvgIpc) is 3.07. The fourth-order valence-electron chi connectivity index (χ4n) is 1.92. The van der Waals surface area contributed by atoms with Crippen LogP contribution in [0, 0.1) is 0 Å². The van der Waals surface area contributed by atoms with Crippen LogP contribution < -0.4 is 10.6 Å². The zero-order chi connectivity index (χ0) is 17.1. The Bertz CT molecular complexity index is 464. The molecule has 23 heavy (non-hydrogen) atoms. The molecule has 8 nitrogen and oxygen atoms in total. The number of hydrogen-bond donors (Lipinski definition) is 3. The third kappa shape index (κ3) is 7.14. The first-order valence-corrected chi connectivity index (χ1v) is 7.87. The van der Waals surface area contributed by atoms with Crippen LogP contribution in [-0.4, -0.2) is 41.0 Å². The summed E-state index contributed by atoms with van der Waals surface area (Å²) < 4.78 is 9.80. The molecule has 0 bridgehead atoms. The van der Waals surface area contributed by atoms with E-state index < -0.39 is 24.1 Å². The van der Waals surface area contributed by atoms with Crippen LogP contribution in [0.5, 0.6) is 0 Å². The summed E-state index contributed by atoms with van der Waals surface area (Å²) in [5, 5.41) is 18.8. The fourth-order valence-corrected chi connectivity index (χ4v) is 1.92. The van der Waals surface area contributed by atoms with Crippen molar-refractivity contribution in [1.82, 2.24) is 15.8 Å². The zero-order valence-electron chi connectivity index (χ0n) is 13.6. The van der Waals surface area contributed by atoms with Gasteiger partial charge in [0.05, 0.1) is 25.4 Å². The van der Waals surface area contributed by atoms with Crippen LogP contribution in [0.25, 0.3) is 0 Å². The molecular weight excluding hydrogens is 302 g/mol. The van der Waals surface area contributed by atoms with E-state index in [4.69, 9.17) is 9.26 Å². The van der Waals surface area contributed by atoms with Crippen LogP contribution in [-0.2, 0) is 16.1 Å². The zero-order valence-corrected chi connectivity index (χ0v) is 13.6. The second-order valence-electron chi connectivity index (χ2n) is 5.17. The Morgan fingerprint density at radius 2 is 2.17 bits per heavy atom. The summed E-state index contributed by atoms with van der Waals surface area (Å²) in [7, 11) is 0. The first kappa shape index (κ1) is 19.0. The number of rotatable bonds is 10. The number of alkyl carbamates (subject to hydrolysis) is 1. The van der Waals surface area contributed by atoms with Gasteiger partial charge in [0.2, 0.25) is 0 Å². The molecule has 0 fully saturated rings. The molecule has 0 spiro atoms. The summed E-state index contributed by atoms with van der Waals surface area (Å²) in [5.74, 6) is -0.107. The number of nitrogens with one attached hydrogen (secondary N) is 2. The number of carbonyl (C=O) groups excluding carboxylic acids is 2. The number of aromatic nitrogens is 1. The predicted molar refractivity (Wildman–Crippen MR) is 82.4 cm³/mol. The maximum atomic E-state index is 12.0. The van der Waals surface area contributed by atoms with Crippen molar-refractivity contribution in [2.24, 2.45) is 0 Å². The summed E-state index contributed by atoms with van der Waals surface area (Å²) in [6.45, 7) is 4.28. The third-order valence-electron chi connectivity index (χ3n) is 3.19. The smallest absolute Gasteiger partial charge is 0.407 e. The van der Waals surface area contributed by atoms with Crippen LogP contribution in [0.4, 0.5) is 4.79 Å². The van der Waals surface area contributed by atoms with E-state index in [-0.39, 0.29) is 6.54 Å². The highest BCUT2D eigenvalue weighted by atomic mass is 16.5. The Labute approximate surface area is 135 Å². The number of hydrogen-bond acceptors (Lipinski definition) is 6. The van der Waals surface area contributed by atoms with Crippen molar-refractivity contribution in [1.29, 1.82) is 0 Å². The second-order valence-corrected chi connectivity index (χ2v) is 5.17. The molecular formula is C15H25N3O5. The van der Waals surface area contributed by atoms with E-state index in [0.717, 1.165) is 12.8 Å². The second kappa shape index (κ2) is 10.6. The molecule has 3 N–H and O–H groups in total. The Kier molecular flexibility index (Phi) is 8.74. The van der Waals surface area contributed by atoms with E-state index in [1.807, 2.05) is 13.8 Å². The molecule has 0 saturated carbocycles. The van der Waals surface area contributed by atoms with E-state index in [1.54, 1.807) is 6.07 Å². The number of carbonyl (C=O) groups is 2. The molecule has 0 unspecified atom stereocenters. The standard InChI is InChI=1S/C15H25N3O5/c1-3-5-6-12(18-15(21)22-9-4-2)13(19)14(20)16-10-11-7-8-17-23-11/h7-8,12-13,19H,3-6,9-10H2,1-2H3,(H,16,20)(H,18,21)/t12-,13+/m0/s1. The van der Waals surface area contributed by atoms with Gasteiger partial charge in [-0.1, -0.05) is 31.8 Å². The lowest BCUT2D eigenvalue weighted by atomic mass is 10.0. The fraction of sp³-hybridized carbons (Fsp3) is 0.667. The first-order valence-electron chi connectivity index (χ1n) is 7.87. The molecule has 0 radical (unpaired) electrons. The lowest BCUT2D eigenvalue weighted by Crippen LogP contribution is -2.50. The maximum Gasteiger partial charge on any atom is 0.407 e. The Morgan fingerprint density at radius 3 is 2.78 bits per heavy atom. The summed E-state index contributed by atoms with van der Waals surface area (Å²) in [6, 6.07) is 0.913. The molecule has 0 aromatic carbocycles. The number of nitrogens with zero attached hydrogens (tertiary/aromatic N) is 1. The molecule has 0 aliphatic carbocycles. The van der Waals surface area contributed by atoms with E-state index in [2.05, 4.69) is 15.8 Å². The Hall–Kier alpha value is -2.09. The quantitative estimate of drug-likeness (QED) is 0.598. The minimum atomic E-state index is -1.36. The number of ether oxygens (including phenoxy) is 1. The monoisotopic (exact) mass is 327 g/mol. The highest BCUT2D eigenvalue weighted by Gasteiger charge is 2.27. The number of aliphatic hydroxyl groups is 1. The molecule has 130 valence electrons. The molecule has 8 heteroatoms. The minimum Gasteiger partial charge on any atom is -0.450 e. The van der Waals surface area contributed by atoms with Crippen molar-refractivity contribution in [3.8, 4) is 0 Å². The molecule has 1 aromatic heterocycles. The van der Waals surface area contributed by atoms with Gasteiger partial charge >= 0.3 is 6.09 Å². The lowest BCUT2D eigenvalue weighted by Gasteiger charge is -2.23. The van der Waals surface area contributed by atoms with Gasteiger partial charge in [0.15, 0.2) is 11.9 Å². The van der Waals surface area contributed by atoms with Gasteiger partial charge in [-0.2, -0.15) is 0 Å². The van der Waals surface area contributed by atoms with E-state index in [1.165, 1.54) is 6.20 Å². The molecule has 2 amide bonds. The van der Waals surface area contributed by atoms with Crippen LogP contribution in [0.15, 0.2) is 16.8 Å². The van der Waals surface area contributed by atoms with Gasteiger partial charge in [0.25, 0.3) is 5.91 Å². The first-order chi connectivity index (χ1) is 11.1. The number of aliphatic hydroxyl groups excluding tert-OH is 1.